The number of carbonyl (C=O) groups excluding carboxylic acids is 1. The number of nitrogens with zero attached hydrogens (tertiary/aromatic N) is 2. The van der Waals surface area contributed by atoms with Crippen LogP contribution in [0.1, 0.15) is 40.4 Å². The van der Waals surface area contributed by atoms with E-state index in [1.165, 1.54) is 34.4 Å². The number of anilines is 2. The number of hydrogen-bond donors (Lipinski definition) is 2. The fourth-order valence-electron chi connectivity index (χ4n) is 4.98. The van der Waals surface area contributed by atoms with Gasteiger partial charge in [-0.2, -0.15) is 0 Å². The molecule has 3 heterocycles. The normalized spacial score (nSPS) is 16.2. The predicted octanol–water partition coefficient (Wildman–Crippen LogP) is 5.26. The van der Waals surface area contributed by atoms with Crippen molar-refractivity contribution in [2.45, 2.75) is 25.2 Å². The van der Waals surface area contributed by atoms with Gasteiger partial charge in [-0.3, -0.25) is 9.78 Å². The Morgan fingerprint density at radius 2 is 1.97 bits per heavy atom. The van der Waals surface area contributed by atoms with Gasteiger partial charge in [0.05, 0.1) is 0 Å². The van der Waals surface area contributed by atoms with Crippen molar-refractivity contribution in [1.82, 2.24) is 10.3 Å². The molecule has 2 aromatic carbocycles. The number of nitrogen functional groups attached to an aromatic ring is 1. The number of Topliss-reactive ketones (excluding diaryl/α,β-unsaturated/α-hetero) is 1. The van der Waals surface area contributed by atoms with Crippen LogP contribution in [0.3, 0.4) is 0 Å². The van der Waals surface area contributed by atoms with E-state index in [0.717, 1.165) is 42.7 Å². The zero-order valence-electron chi connectivity index (χ0n) is 19.1. The number of piperazine rings is 1. The van der Waals surface area contributed by atoms with Crippen LogP contribution in [0.2, 0.25) is 0 Å². The molecule has 6 heteroatoms. The third kappa shape index (κ3) is 4.08. The van der Waals surface area contributed by atoms with Gasteiger partial charge in [-0.25, -0.2) is 0 Å². The molecule has 6 rings (SSSR count). The lowest BCUT2D eigenvalue weighted by molar-refractivity contribution is 0.0988. The monoisotopic (exact) mass is 468 g/mol. The molecule has 2 aliphatic rings. The summed E-state index contributed by atoms with van der Waals surface area (Å²) in [6.45, 7) is 4.09. The summed E-state index contributed by atoms with van der Waals surface area (Å²) in [7, 11) is 0. The Kier molecular flexibility index (Phi) is 5.55. The molecular weight excluding hydrogens is 440 g/mol. The largest absolute Gasteiger partial charge is 0.398 e. The van der Waals surface area contributed by atoms with Crippen molar-refractivity contribution in [3.63, 3.8) is 0 Å². The van der Waals surface area contributed by atoms with Crippen LogP contribution in [-0.2, 0) is 6.42 Å². The first-order valence-corrected chi connectivity index (χ1v) is 12.9. The van der Waals surface area contributed by atoms with Crippen molar-refractivity contribution in [3.05, 3.63) is 76.9 Å². The number of nitrogens with one attached hydrogen (secondary N) is 1. The number of hydrogen-bond acceptors (Lipinski definition) is 6. The molecule has 0 unspecified atom stereocenters. The maximum absolute atomic E-state index is 13.2. The van der Waals surface area contributed by atoms with Gasteiger partial charge in [-0.15, -0.1) is 11.3 Å². The number of carbonyl (C=O) groups is 1. The summed E-state index contributed by atoms with van der Waals surface area (Å²) in [6, 6.07) is 16.4. The van der Waals surface area contributed by atoms with E-state index < -0.39 is 0 Å². The zero-order valence-corrected chi connectivity index (χ0v) is 19.9. The highest BCUT2D eigenvalue weighted by atomic mass is 32.1. The molecule has 0 spiro atoms. The van der Waals surface area contributed by atoms with Crippen molar-refractivity contribution >= 4 is 39.3 Å². The number of aromatic nitrogens is 1. The Bertz CT molecular complexity index is 1350. The smallest absolute Gasteiger partial charge is 0.185 e. The van der Waals surface area contributed by atoms with Crippen LogP contribution in [0.5, 0.6) is 0 Å². The quantitative estimate of drug-likeness (QED) is 0.298. The van der Waals surface area contributed by atoms with Crippen molar-refractivity contribution in [3.8, 4) is 10.4 Å². The SMILES string of the molecule is Nc1ccc(-c2cccs2)cc1CC(=O)c1cc2ccc(N3CCNCC3)c(C3CC3)c2cn1. The zero-order chi connectivity index (χ0) is 23.1. The van der Waals surface area contributed by atoms with Crippen LogP contribution in [-0.4, -0.2) is 36.9 Å². The van der Waals surface area contributed by atoms with Gasteiger partial charge in [-0.05, 0) is 76.5 Å². The molecule has 1 saturated carbocycles. The van der Waals surface area contributed by atoms with Gasteiger partial charge >= 0.3 is 0 Å². The third-order valence-electron chi connectivity index (χ3n) is 6.95. The number of nitrogens with two attached hydrogens (primary N) is 1. The Balaban J connectivity index is 1.31. The number of ketones is 1. The van der Waals surface area contributed by atoms with Crippen molar-refractivity contribution in [2.75, 3.05) is 36.8 Å². The summed E-state index contributed by atoms with van der Waals surface area (Å²) >= 11 is 1.68. The molecule has 172 valence electrons. The maximum atomic E-state index is 13.2. The lowest BCUT2D eigenvalue weighted by Gasteiger charge is -2.31. The first-order chi connectivity index (χ1) is 16.7. The Morgan fingerprint density at radius 1 is 1.12 bits per heavy atom. The summed E-state index contributed by atoms with van der Waals surface area (Å²) in [6.07, 6.45) is 4.64. The molecule has 0 atom stereocenters. The number of fused-ring (bicyclic) bond motifs is 1. The minimum Gasteiger partial charge on any atom is -0.398 e. The van der Waals surface area contributed by atoms with Gasteiger partial charge in [0.25, 0.3) is 0 Å². The third-order valence-corrected chi connectivity index (χ3v) is 7.87. The van der Waals surface area contributed by atoms with Crippen LogP contribution in [0.15, 0.2) is 60.1 Å². The van der Waals surface area contributed by atoms with Gasteiger partial charge < -0.3 is 16.0 Å². The Morgan fingerprint density at radius 3 is 2.74 bits per heavy atom. The number of rotatable bonds is 6. The molecular formula is C28H28N4OS. The van der Waals surface area contributed by atoms with E-state index in [0.29, 0.717) is 17.3 Å². The van der Waals surface area contributed by atoms with Crippen molar-refractivity contribution < 1.29 is 4.79 Å². The second-order valence-electron chi connectivity index (χ2n) is 9.29. The Hall–Kier alpha value is -3.22. The summed E-state index contributed by atoms with van der Waals surface area (Å²) < 4.78 is 0. The fourth-order valence-corrected chi connectivity index (χ4v) is 5.71. The molecule has 1 aliphatic heterocycles. The van der Waals surface area contributed by atoms with Gasteiger partial charge in [0.15, 0.2) is 5.78 Å². The summed E-state index contributed by atoms with van der Waals surface area (Å²) in [5.74, 6) is 0.604. The molecule has 5 nitrogen and oxygen atoms in total. The van der Waals surface area contributed by atoms with E-state index >= 15 is 0 Å². The van der Waals surface area contributed by atoms with Crippen LogP contribution in [0.25, 0.3) is 21.2 Å². The van der Waals surface area contributed by atoms with Crippen LogP contribution < -0.4 is 16.0 Å². The van der Waals surface area contributed by atoms with E-state index in [1.807, 2.05) is 36.5 Å². The lowest BCUT2D eigenvalue weighted by Crippen LogP contribution is -2.43. The predicted molar refractivity (Wildman–Crippen MR) is 141 cm³/mol. The summed E-state index contributed by atoms with van der Waals surface area (Å²) in [4.78, 5) is 21.5. The van der Waals surface area contributed by atoms with Crippen LogP contribution in [0.4, 0.5) is 11.4 Å². The average molecular weight is 469 g/mol. The molecule has 1 saturated heterocycles. The van der Waals surface area contributed by atoms with E-state index in [4.69, 9.17) is 5.73 Å². The van der Waals surface area contributed by atoms with Crippen molar-refractivity contribution in [2.24, 2.45) is 0 Å². The second-order valence-corrected chi connectivity index (χ2v) is 10.2. The van der Waals surface area contributed by atoms with Gasteiger partial charge in [0.2, 0.25) is 0 Å². The number of thiophene rings is 1. The first kappa shape index (κ1) is 21.3. The standard InChI is InChI=1S/C28H28N4OS/c29-23-7-5-20(27-2-1-13-34-27)14-21(23)16-26(33)24-15-19-6-8-25(32-11-9-30-10-12-32)28(18-3-4-18)22(19)17-31-24/h1-2,5-8,13-15,17-18,30H,3-4,9-12,16,29H2. The molecule has 1 aliphatic carbocycles. The van der Waals surface area contributed by atoms with Crippen molar-refractivity contribution in [1.29, 1.82) is 0 Å². The molecule has 2 aromatic heterocycles. The molecule has 0 bridgehead atoms. The minimum absolute atomic E-state index is 0.00363. The molecule has 2 fully saturated rings. The summed E-state index contributed by atoms with van der Waals surface area (Å²) in [5, 5.41) is 7.78. The molecule has 34 heavy (non-hydrogen) atoms. The number of benzene rings is 2. The molecule has 4 aromatic rings. The van der Waals surface area contributed by atoms with Gasteiger partial charge in [0.1, 0.15) is 5.69 Å². The number of pyridine rings is 1. The van der Waals surface area contributed by atoms with E-state index in [-0.39, 0.29) is 12.2 Å². The highest BCUT2D eigenvalue weighted by molar-refractivity contribution is 7.13. The van der Waals surface area contributed by atoms with Crippen LogP contribution >= 0.6 is 11.3 Å². The van der Waals surface area contributed by atoms with Gasteiger partial charge in [-0.1, -0.05) is 18.2 Å². The molecule has 0 radical (unpaired) electrons. The highest BCUT2D eigenvalue weighted by Crippen LogP contribution is 2.47. The van der Waals surface area contributed by atoms with Gasteiger partial charge in [0, 0.05) is 60.4 Å². The molecule has 0 amide bonds. The van der Waals surface area contributed by atoms with Crippen LogP contribution in [0, 0.1) is 0 Å². The van der Waals surface area contributed by atoms with E-state index in [9.17, 15) is 4.79 Å². The lowest BCUT2D eigenvalue weighted by atomic mass is 9.97. The second kappa shape index (κ2) is 8.85. The minimum atomic E-state index is -0.00363. The summed E-state index contributed by atoms with van der Waals surface area (Å²) in [5.41, 5.74) is 12.1. The first-order valence-electron chi connectivity index (χ1n) is 12.0. The van der Waals surface area contributed by atoms with E-state index in [2.05, 4.69) is 38.8 Å². The Labute approximate surface area is 203 Å². The maximum Gasteiger partial charge on any atom is 0.185 e. The topological polar surface area (TPSA) is 71.2 Å². The molecule has 3 N–H and O–H groups in total. The fraction of sp³-hybridized carbons (Fsp3) is 0.286. The van der Waals surface area contributed by atoms with E-state index in [1.54, 1.807) is 11.3 Å². The average Bonchev–Trinajstić information content (AvgIpc) is 3.57. The highest BCUT2D eigenvalue weighted by Gasteiger charge is 2.30.